The van der Waals surface area contributed by atoms with Gasteiger partial charge in [0.25, 0.3) is 0 Å². The Morgan fingerprint density at radius 1 is 1.80 bits per heavy atom. The second-order valence-electron chi connectivity index (χ2n) is 0.524. The van der Waals surface area contributed by atoms with E-state index in [-0.39, 0.29) is 18.9 Å². The van der Waals surface area contributed by atoms with Crippen LogP contribution in [0.1, 0.15) is 0 Å². The topological polar surface area (TPSA) is 0 Å². The first-order chi connectivity index (χ1) is 1.91. The molecule has 0 aliphatic heterocycles. The van der Waals surface area contributed by atoms with Gasteiger partial charge in [-0.25, -0.2) is 0 Å². The Hall–Kier alpha value is 0.870. The van der Waals surface area contributed by atoms with Crippen molar-refractivity contribution in [3.63, 3.8) is 0 Å². The van der Waals surface area contributed by atoms with Crippen LogP contribution in [0.2, 0.25) is 5.28 Å². The van der Waals surface area contributed by atoms with Crippen molar-refractivity contribution in [3.05, 3.63) is 12.7 Å². The first-order valence-electron chi connectivity index (χ1n) is 1.22. The standard InChI is InChI=1S/C3H5.Al.Li.H/c1-3-2;;;/h3H,1-2H2;;;. The van der Waals surface area contributed by atoms with Gasteiger partial charge in [-0.05, 0) is 0 Å². The van der Waals surface area contributed by atoms with Crippen molar-refractivity contribution in [1.82, 2.24) is 0 Å². The molecule has 0 aromatic carbocycles. The van der Waals surface area contributed by atoms with Gasteiger partial charge in [-0.3, -0.25) is 0 Å². The third-order valence-electron chi connectivity index (χ3n) is 0.167. The Balaban J connectivity index is 0. The molecule has 0 aliphatic carbocycles. The van der Waals surface area contributed by atoms with Crippen molar-refractivity contribution < 1.29 is 0 Å². The quantitative estimate of drug-likeness (QED) is 0.307. The van der Waals surface area contributed by atoms with Crippen LogP contribution in [0.4, 0.5) is 0 Å². The molecule has 0 aliphatic rings. The van der Waals surface area contributed by atoms with Gasteiger partial charge in [-0.2, -0.15) is 0 Å². The second-order valence-corrected chi connectivity index (χ2v) is 0.996. The Labute approximate surface area is 53.2 Å². The molecule has 0 N–H and O–H groups in total. The molecule has 0 aromatic rings. The first-order valence-corrected chi connectivity index (χ1v) is 2.04. The van der Waals surface area contributed by atoms with Gasteiger partial charge in [0.2, 0.25) is 0 Å². The van der Waals surface area contributed by atoms with E-state index < -0.39 is 0 Å². The molecule has 2 heteroatoms. The van der Waals surface area contributed by atoms with Crippen molar-refractivity contribution in [2.45, 2.75) is 5.28 Å². The number of allylic oxidation sites excluding steroid dienone is 1. The van der Waals surface area contributed by atoms with Crippen LogP contribution in [-0.4, -0.2) is 35.2 Å². The minimum absolute atomic E-state index is 0. The van der Waals surface area contributed by atoms with E-state index in [2.05, 4.69) is 22.9 Å². The third kappa shape index (κ3) is 11.5. The molecule has 0 atom stereocenters. The monoisotopic (exact) mass is 76.0 g/mol. The third-order valence-corrected chi connectivity index (χ3v) is 0.500. The fourth-order valence-electron chi connectivity index (χ4n) is 0. The van der Waals surface area contributed by atoms with Crippen molar-refractivity contribution in [3.8, 4) is 0 Å². The summed E-state index contributed by atoms with van der Waals surface area (Å²) in [5, 5.41) is 1.00. The summed E-state index contributed by atoms with van der Waals surface area (Å²) >= 11 is 2.54. The predicted octanol–water partition coefficient (Wildman–Crippen LogP) is 0.111. The summed E-state index contributed by atoms with van der Waals surface area (Å²) in [5.41, 5.74) is 0. The number of hydrogen-bond acceptors (Lipinski definition) is 0. The van der Waals surface area contributed by atoms with Crippen molar-refractivity contribution >= 4 is 35.2 Å². The molecule has 0 rings (SSSR count). The van der Waals surface area contributed by atoms with Crippen LogP contribution in [0.25, 0.3) is 0 Å². The predicted molar refractivity (Wildman–Crippen MR) is 27.9 cm³/mol. The van der Waals surface area contributed by atoms with Gasteiger partial charge in [0, 0.05) is 0 Å². The van der Waals surface area contributed by atoms with Crippen LogP contribution in [0.5, 0.6) is 0 Å². The zero-order chi connectivity index (χ0) is 3.41. The van der Waals surface area contributed by atoms with Gasteiger partial charge in [0.15, 0.2) is 0 Å². The van der Waals surface area contributed by atoms with Crippen LogP contribution >= 0.6 is 0 Å². The SMILES string of the molecule is C=C[CH2][Al].[LiH]. The average molecular weight is 76.0 g/mol. The van der Waals surface area contributed by atoms with Crippen LogP contribution in [0.3, 0.4) is 0 Å². The first kappa shape index (κ1) is 9.30. The van der Waals surface area contributed by atoms with Gasteiger partial charge in [0.1, 0.15) is 16.3 Å². The van der Waals surface area contributed by atoms with E-state index in [1.807, 2.05) is 6.08 Å². The molecule has 5 heavy (non-hydrogen) atoms. The molecule has 0 amide bonds. The molecular formula is C3H6AlLi. The van der Waals surface area contributed by atoms with E-state index in [4.69, 9.17) is 0 Å². The fourth-order valence-corrected chi connectivity index (χ4v) is 0. The van der Waals surface area contributed by atoms with Crippen LogP contribution in [-0.2, 0) is 0 Å². The zero-order valence-corrected chi connectivity index (χ0v) is 3.72. The van der Waals surface area contributed by atoms with Gasteiger partial charge in [0.05, 0.1) is 0 Å². The van der Waals surface area contributed by atoms with Crippen LogP contribution in [0.15, 0.2) is 12.7 Å². The molecule has 0 heterocycles. The van der Waals surface area contributed by atoms with E-state index >= 15 is 0 Å². The molecule has 0 saturated carbocycles. The summed E-state index contributed by atoms with van der Waals surface area (Å²) in [6.07, 6.45) is 1.84. The van der Waals surface area contributed by atoms with E-state index in [0.717, 1.165) is 5.28 Å². The molecule has 0 saturated heterocycles. The Kier molecular flexibility index (Phi) is 16.5. The van der Waals surface area contributed by atoms with Crippen molar-refractivity contribution in [2.75, 3.05) is 0 Å². The summed E-state index contributed by atoms with van der Waals surface area (Å²) in [5.74, 6) is 0. The number of hydrogen-bond donors (Lipinski definition) is 0. The van der Waals surface area contributed by atoms with Crippen molar-refractivity contribution in [2.24, 2.45) is 0 Å². The van der Waals surface area contributed by atoms with Gasteiger partial charge < -0.3 is 0 Å². The van der Waals surface area contributed by atoms with E-state index in [1.54, 1.807) is 0 Å². The maximum atomic E-state index is 3.46. The normalized spacial score (nSPS) is 4.80. The van der Waals surface area contributed by atoms with Gasteiger partial charge >= 0.3 is 18.9 Å². The summed E-state index contributed by atoms with van der Waals surface area (Å²) < 4.78 is 0. The van der Waals surface area contributed by atoms with E-state index in [9.17, 15) is 0 Å². The second kappa shape index (κ2) is 8.85. The van der Waals surface area contributed by atoms with E-state index in [0.29, 0.717) is 0 Å². The Morgan fingerprint density at radius 3 is 2.00 bits per heavy atom. The summed E-state index contributed by atoms with van der Waals surface area (Å²) in [7, 11) is 0. The molecule has 0 unspecified atom stereocenters. The zero-order valence-electron chi connectivity index (χ0n) is 2.57. The van der Waals surface area contributed by atoms with Gasteiger partial charge in [-0.15, -0.1) is 17.9 Å². The average Bonchev–Trinajstić information content (AvgIpc) is 1.37. The van der Waals surface area contributed by atoms with Crippen LogP contribution < -0.4 is 0 Å². The molecule has 0 bridgehead atoms. The Bertz CT molecular complexity index is 20.9. The van der Waals surface area contributed by atoms with Crippen molar-refractivity contribution in [1.29, 1.82) is 0 Å². The summed E-state index contributed by atoms with van der Waals surface area (Å²) in [6.45, 7) is 3.46. The summed E-state index contributed by atoms with van der Waals surface area (Å²) in [6, 6.07) is 0. The molecule has 0 spiro atoms. The molecule has 22 valence electrons. The van der Waals surface area contributed by atoms with Gasteiger partial charge in [-0.1, -0.05) is 0 Å². The van der Waals surface area contributed by atoms with E-state index in [1.165, 1.54) is 0 Å². The molecular weight excluding hydrogens is 70.0 g/mol. The molecule has 0 nitrogen and oxygen atoms in total. The molecule has 2 radical (unpaired) electrons. The molecule has 0 fully saturated rings. The Morgan fingerprint density at radius 2 is 2.00 bits per heavy atom. The fraction of sp³-hybridized carbons (Fsp3) is 0.333. The molecule has 0 aromatic heterocycles. The number of rotatable bonds is 1. The van der Waals surface area contributed by atoms with Crippen LogP contribution in [0, 0.1) is 0 Å². The maximum absolute atomic E-state index is 3.46. The minimum atomic E-state index is 0. The summed E-state index contributed by atoms with van der Waals surface area (Å²) in [4.78, 5) is 0.